The van der Waals surface area contributed by atoms with E-state index < -0.39 is 0 Å². The Labute approximate surface area is 106 Å². The minimum absolute atomic E-state index is 0.0967. The maximum absolute atomic E-state index is 12.5. The van der Waals surface area contributed by atoms with Crippen LogP contribution in [-0.4, -0.2) is 0 Å². The monoisotopic (exact) mass is 240 g/mol. The van der Waals surface area contributed by atoms with Crippen LogP contribution >= 0.6 is 0 Å². The maximum Gasteiger partial charge on any atom is 0.200 e. The van der Waals surface area contributed by atoms with E-state index in [0.717, 1.165) is 29.9 Å². The molecule has 0 spiro atoms. The third-order valence-electron chi connectivity index (χ3n) is 3.44. The first kappa shape index (κ1) is 11.3. The summed E-state index contributed by atoms with van der Waals surface area (Å²) in [6.45, 7) is 2.09. The van der Waals surface area contributed by atoms with Gasteiger partial charge in [-0.05, 0) is 37.3 Å². The van der Waals surface area contributed by atoms with Crippen molar-refractivity contribution in [3.05, 3.63) is 44.3 Å². The highest BCUT2D eigenvalue weighted by molar-refractivity contribution is 5.64. The molecule has 1 aromatic heterocycles. The predicted octanol–water partition coefficient (Wildman–Crippen LogP) is 2.06. The zero-order valence-electron chi connectivity index (χ0n) is 10.5. The van der Waals surface area contributed by atoms with Crippen molar-refractivity contribution in [3.63, 3.8) is 0 Å². The summed E-state index contributed by atoms with van der Waals surface area (Å²) in [6.07, 6.45) is 14.9. The number of fused-ring (bicyclic) bond motifs is 2. The van der Waals surface area contributed by atoms with Crippen molar-refractivity contribution in [1.82, 2.24) is 0 Å². The first-order valence-corrected chi connectivity index (χ1v) is 6.49. The number of rotatable bonds is 0. The van der Waals surface area contributed by atoms with E-state index in [1.54, 1.807) is 0 Å². The smallest absolute Gasteiger partial charge is 0.200 e. The molecule has 0 N–H and O–H groups in total. The maximum atomic E-state index is 12.5. The van der Waals surface area contributed by atoms with Crippen molar-refractivity contribution in [2.45, 2.75) is 26.2 Å². The van der Waals surface area contributed by atoms with Gasteiger partial charge in [-0.3, -0.25) is 4.79 Å². The molecule has 2 aliphatic rings. The first-order chi connectivity index (χ1) is 8.75. The van der Waals surface area contributed by atoms with Gasteiger partial charge in [-0.15, -0.1) is 0 Å². The molecule has 2 aliphatic carbocycles. The van der Waals surface area contributed by atoms with Gasteiger partial charge in [0, 0.05) is 0 Å². The summed E-state index contributed by atoms with van der Waals surface area (Å²) in [5.74, 6) is 1.02. The van der Waals surface area contributed by atoms with E-state index in [1.807, 2.05) is 30.4 Å². The molecule has 0 aliphatic heterocycles. The molecule has 2 heteroatoms. The van der Waals surface area contributed by atoms with Gasteiger partial charge in [0.2, 0.25) is 0 Å². The quantitative estimate of drug-likeness (QED) is 0.695. The van der Waals surface area contributed by atoms with Gasteiger partial charge >= 0.3 is 0 Å². The molecular weight excluding hydrogens is 224 g/mol. The van der Waals surface area contributed by atoms with E-state index in [-0.39, 0.29) is 5.43 Å². The highest BCUT2D eigenvalue weighted by Crippen LogP contribution is 2.15. The van der Waals surface area contributed by atoms with Crippen LogP contribution in [-0.2, 0) is 0 Å². The Balaban J connectivity index is 2.39. The molecule has 0 fully saturated rings. The molecule has 0 radical (unpaired) electrons. The minimum atomic E-state index is 0.0967. The lowest BCUT2D eigenvalue weighted by atomic mass is 10.1. The van der Waals surface area contributed by atoms with Crippen molar-refractivity contribution in [3.8, 4) is 0 Å². The minimum Gasteiger partial charge on any atom is -0.456 e. The standard InChI is InChI=1S/C16H16O2/c1-11-7-9-13-15(10-8-11)18-14-6-4-2-3-5-12(14)16(13)17/h5-11H,2-4H2,1H3. The van der Waals surface area contributed by atoms with Gasteiger partial charge in [-0.25, -0.2) is 0 Å². The van der Waals surface area contributed by atoms with E-state index in [0.29, 0.717) is 17.2 Å². The lowest BCUT2D eigenvalue weighted by Crippen LogP contribution is -2.40. The van der Waals surface area contributed by atoms with E-state index in [4.69, 9.17) is 4.42 Å². The molecule has 18 heavy (non-hydrogen) atoms. The average Bonchev–Trinajstić information content (AvgIpc) is 2.69. The Hall–Kier alpha value is -1.83. The van der Waals surface area contributed by atoms with Gasteiger partial charge in [-0.2, -0.15) is 0 Å². The van der Waals surface area contributed by atoms with Crippen molar-refractivity contribution in [2.75, 3.05) is 0 Å². The van der Waals surface area contributed by atoms with Crippen LogP contribution in [0.15, 0.2) is 21.4 Å². The Bertz CT molecular complexity index is 702. The van der Waals surface area contributed by atoms with Crippen LogP contribution in [0.4, 0.5) is 0 Å². The molecular formula is C16H16O2. The molecule has 92 valence electrons. The van der Waals surface area contributed by atoms with E-state index >= 15 is 0 Å². The fourth-order valence-corrected chi connectivity index (χ4v) is 2.37. The molecule has 0 bridgehead atoms. The summed E-state index contributed by atoms with van der Waals surface area (Å²) >= 11 is 0. The zero-order chi connectivity index (χ0) is 12.5. The summed E-state index contributed by atoms with van der Waals surface area (Å²) < 4.78 is 5.89. The molecule has 0 aromatic carbocycles. The molecule has 2 nitrogen and oxygen atoms in total. The van der Waals surface area contributed by atoms with Crippen molar-refractivity contribution in [1.29, 1.82) is 0 Å². The SMILES string of the molecule is CC1C=Cc2oc3c(c(=O)c2C=C1)=CCCCC=3. The summed E-state index contributed by atoms with van der Waals surface area (Å²) in [6, 6.07) is 0. The van der Waals surface area contributed by atoms with Gasteiger partial charge in [0.05, 0.1) is 10.8 Å². The zero-order valence-corrected chi connectivity index (χ0v) is 10.5. The first-order valence-electron chi connectivity index (χ1n) is 6.49. The highest BCUT2D eigenvalue weighted by Gasteiger charge is 2.11. The molecule has 1 aromatic rings. The third-order valence-corrected chi connectivity index (χ3v) is 3.44. The number of hydrogen-bond acceptors (Lipinski definition) is 2. The lowest BCUT2D eigenvalue weighted by Gasteiger charge is -1.99. The van der Waals surface area contributed by atoms with Gasteiger partial charge in [-0.1, -0.05) is 31.2 Å². The van der Waals surface area contributed by atoms with Crippen LogP contribution in [0.25, 0.3) is 24.3 Å². The Morgan fingerprint density at radius 2 is 1.94 bits per heavy atom. The van der Waals surface area contributed by atoms with Crippen LogP contribution in [0.2, 0.25) is 0 Å². The van der Waals surface area contributed by atoms with Crippen molar-refractivity contribution in [2.24, 2.45) is 5.92 Å². The Morgan fingerprint density at radius 3 is 2.83 bits per heavy atom. The molecule has 0 saturated heterocycles. The lowest BCUT2D eigenvalue weighted by molar-refractivity contribution is 0.496. The predicted molar refractivity (Wildman–Crippen MR) is 74.2 cm³/mol. The molecule has 0 amide bonds. The van der Waals surface area contributed by atoms with Gasteiger partial charge in [0.1, 0.15) is 11.2 Å². The Morgan fingerprint density at radius 1 is 1.17 bits per heavy atom. The Kier molecular flexibility index (Phi) is 2.78. The van der Waals surface area contributed by atoms with E-state index in [1.165, 1.54) is 0 Å². The van der Waals surface area contributed by atoms with Crippen LogP contribution in [0.3, 0.4) is 0 Å². The topological polar surface area (TPSA) is 30.2 Å². The van der Waals surface area contributed by atoms with Crippen LogP contribution in [0.1, 0.15) is 37.5 Å². The molecule has 1 atom stereocenters. The average molecular weight is 240 g/mol. The fourth-order valence-electron chi connectivity index (χ4n) is 2.37. The second-order valence-corrected chi connectivity index (χ2v) is 4.90. The number of allylic oxidation sites excluding steroid dienone is 2. The molecule has 3 rings (SSSR count). The van der Waals surface area contributed by atoms with Crippen LogP contribution in [0.5, 0.6) is 0 Å². The summed E-state index contributed by atoms with van der Waals surface area (Å²) in [7, 11) is 0. The second kappa shape index (κ2) is 4.45. The van der Waals surface area contributed by atoms with Crippen molar-refractivity contribution >= 4 is 24.3 Å². The van der Waals surface area contributed by atoms with Gasteiger partial charge < -0.3 is 4.42 Å². The molecule has 1 heterocycles. The third kappa shape index (κ3) is 1.88. The van der Waals surface area contributed by atoms with Crippen LogP contribution < -0.4 is 16.1 Å². The van der Waals surface area contributed by atoms with Gasteiger partial charge in [0.25, 0.3) is 0 Å². The second-order valence-electron chi connectivity index (χ2n) is 4.90. The highest BCUT2D eigenvalue weighted by atomic mass is 16.3. The van der Waals surface area contributed by atoms with E-state index in [2.05, 4.69) is 13.0 Å². The summed E-state index contributed by atoms with van der Waals surface area (Å²) in [4.78, 5) is 12.5. The molecule has 1 unspecified atom stereocenters. The largest absolute Gasteiger partial charge is 0.456 e. The van der Waals surface area contributed by atoms with Crippen LogP contribution in [0, 0.1) is 5.92 Å². The summed E-state index contributed by atoms with van der Waals surface area (Å²) in [5.41, 5.74) is 1.52. The normalized spacial score (nSPS) is 21.1. The molecule has 0 saturated carbocycles. The fraction of sp³-hybridized carbons (Fsp3) is 0.312. The van der Waals surface area contributed by atoms with Gasteiger partial charge in [0.15, 0.2) is 5.43 Å². The van der Waals surface area contributed by atoms with Crippen molar-refractivity contribution < 1.29 is 4.42 Å². The van der Waals surface area contributed by atoms with E-state index in [9.17, 15) is 4.79 Å². The number of hydrogen-bond donors (Lipinski definition) is 0. The summed E-state index contributed by atoms with van der Waals surface area (Å²) in [5, 5.41) is 0.735.